The highest BCUT2D eigenvalue weighted by Crippen LogP contribution is 2.66. The van der Waals surface area contributed by atoms with E-state index in [1.807, 2.05) is 36.9 Å². The number of benzene rings is 1. The fourth-order valence-electron chi connectivity index (χ4n) is 6.01. The maximum Gasteiger partial charge on any atom is 0.251 e. The van der Waals surface area contributed by atoms with Crippen LogP contribution in [0.2, 0.25) is 0 Å². The van der Waals surface area contributed by atoms with Crippen LogP contribution in [-0.2, 0) is 9.59 Å². The molecule has 1 aromatic carbocycles. The first kappa shape index (κ1) is 22.6. The molecular weight excluding hydrogens is 414 g/mol. The second-order valence-corrected chi connectivity index (χ2v) is 11.3. The molecule has 1 aromatic rings. The molecular formula is C27H37N3O3. The fraction of sp³-hybridized carbons (Fsp3) is 0.667. The SMILES string of the molecule is CC(C)C(=O)[C@H](NC(=O)c1cccc(C2CCCN(C(=O)CNC3CC3)C2)c1)C12CC(C1)C2. The Morgan fingerprint density at radius 3 is 2.52 bits per heavy atom. The summed E-state index contributed by atoms with van der Waals surface area (Å²) in [5.74, 6) is 1.08. The molecule has 4 saturated carbocycles. The molecule has 33 heavy (non-hydrogen) atoms. The number of nitrogens with zero attached hydrogens (tertiary/aromatic N) is 1. The van der Waals surface area contributed by atoms with E-state index in [9.17, 15) is 14.4 Å². The zero-order valence-corrected chi connectivity index (χ0v) is 19.9. The molecule has 0 spiro atoms. The van der Waals surface area contributed by atoms with Gasteiger partial charge in [0.2, 0.25) is 5.91 Å². The molecule has 6 nitrogen and oxygen atoms in total. The Kier molecular flexibility index (Phi) is 6.06. The van der Waals surface area contributed by atoms with E-state index >= 15 is 0 Å². The van der Waals surface area contributed by atoms with Gasteiger partial charge in [0.1, 0.15) is 0 Å². The molecule has 178 valence electrons. The molecule has 2 bridgehead atoms. The van der Waals surface area contributed by atoms with Crippen LogP contribution in [0.15, 0.2) is 24.3 Å². The van der Waals surface area contributed by atoms with Gasteiger partial charge in [-0.2, -0.15) is 0 Å². The van der Waals surface area contributed by atoms with Crippen LogP contribution in [0.3, 0.4) is 0 Å². The van der Waals surface area contributed by atoms with E-state index in [-0.39, 0.29) is 40.9 Å². The number of Topliss-reactive ketones (excluding diaryl/α,β-unsaturated/α-hetero) is 1. The number of amides is 2. The Morgan fingerprint density at radius 1 is 1.12 bits per heavy atom. The Labute approximate surface area is 196 Å². The molecule has 2 N–H and O–H groups in total. The van der Waals surface area contributed by atoms with E-state index in [4.69, 9.17) is 0 Å². The normalized spacial score (nSPS) is 29.1. The molecule has 2 atom stereocenters. The molecule has 6 heteroatoms. The first-order valence-electron chi connectivity index (χ1n) is 12.8. The van der Waals surface area contributed by atoms with E-state index in [0.29, 0.717) is 24.7 Å². The van der Waals surface area contributed by atoms with Crippen molar-refractivity contribution in [1.82, 2.24) is 15.5 Å². The highest BCUT2D eigenvalue weighted by molar-refractivity contribution is 5.99. The first-order chi connectivity index (χ1) is 15.8. The van der Waals surface area contributed by atoms with Crippen LogP contribution in [0.4, 0.5) is 0 Å². The minimum absolute atomic E-state index is 0.00196. The van der Waals surface area contributed by atoms with Crippen LogP contribution in [0.1, 0.15) is 80.6 Å². The molecule has 0 radical (unpaired) electrons. The Hall–Kier alpha value is -2.21. The van der Waals surface area contributed by atoms with Gasteiger partial charge in [0.05, 0.1) is 12.6 Å². The van der Waals surface area contributed by atoms with Crippen LogP contribution < -0.4 is 10.6 Å². The van der Waals surface area contributed by atoms with Gasteiger partial charge in [-0.25, -0.2) is 0 Å². The summed E-state index contributed by atoms with van der Waals surface area (Å²) in [6.07, 6.45) is 7.55. The van der Waals surface area contributed by atoms with Gasteiger partial charge >= 0.3 is 0 Å². The second kappa shape index (κ2) is 8.86. The third-order valence-corrected chi connectivity index (χ3v) is 8.34. The largest absolute Gasteiger partial charge is 0.342 e. The minimum Gasteiger partial charge on any atom is -0.342 e. The van der Waals surface area contributed by atoms with Gasteiger partial charge in [-0.15, -0.1) is 0 Å². The summed E-state index contributed by atoms with van der Waals surface area (Å²) in [4.78, 5) is 40.7. The summed E-state index contributed by atoms with van der Waals surface area (Å²) >= 11 is 0. The monoisotopic (exact) mass is 451 g/mol. The van der Waals surface area contributed by atoms with Crippen LogP contribution >= 0.6 is 0 Å². The lowest BCUT2D eigenvalue weighted by Crippen LogP contribution is -2.66. The molecule has 0 aromatic heterocycles. The average Bonchev–Trinajstić information content (AvgIpc) is 3.59. The molecule has 1 heterocycles. The molecule has 5 aliphatic rings. The van der Waals surface area contributed by atoms with Gasteiger partial charge < -0.3 is 15.5 Å². The number of nitrogens with one attached hydrogen (secondary N) is 2. The van der Waals surface area contributed by atoms with E-state index < -0.39 is 0 Å². The third-order valence-electron chi connectivity index (χ3n) is 8.34. The molecule has 1 unspecified atom stereocenters. The summed E-state index contributed by atoms with van der Waals surface area (Å²) in [6.45, 7) is 5.78. The number of likely N-dealkylation sites (tertiary alicyclic amines) is 1. The number of hydrogen-bond acceptors (Lipinski definition) is 4. The standard InChI is InChI=1S/C27H37N3O3/c1-17(2)24(32)25(27-12-18(13-27)14-27)29-26(33)20-6-3-5-19(11-20)21-7-4-10-30(16-21)23(31)15-28-22-8-9-22/h3,5-6,11,17-18,21-22,25,28H,4,7-10,12-16H2,1-2H3,(H,29,33)/t18?,21?,25-,27?/m0/s1. The molecule has 2 amide bonds. The maximum absolute atomic E-state index is 13.2. The van der Waals surface area contributed by atoms with Gasteiger partial charge in [-0.3, -0.25) is 14.4 Å². The maximum atomic E-state index is 13.2. The zero-order chi connectivity index (χ0) is 23.2. The lowest BCUT2D eigenvalue weighted by molar-refractivity contribution is -0.155. The highest BCUT2D eigenvalue weighted by atomic mass is 16.2. The van der Waals surface area contributed by atoms with Crippen molar-refractivity contribution in [2.75, 3.05) is 19.6 Å². The number of hydrogen-bond donors (Lipinski definition) is 2. The Morgan fingerprint density at radius 2 is 1.88 bits per heavy atom. The molecule has 6 rings (SSSR count). The van der Waals surface area contributed by atoms with E-state index in [2.05, 4.69) is 16.7 Å². The van der Waals surface area contributed by atoms with Crippen molar-refractivity contribution in [3.8, 4) is 0 Å². The van der Waals surface area contributed by atoms with Crippen LogP contribution in [-0.4, -0.2) is 54.2 Å². The van der Waals surface area contributed by atoms with Crippen LogP contribution in [0.25, 0.3) is 0 Å². The topological polar surface area (TPSA) is 78.5 Å². The lowest BCUT2D eigenvalue weighted by Gasteiger charge is -2.65. The minimum atomic E-state index is -0.375. The first-order valence-corrected chi connectivity index (χ1v) is 12.8. The highest BCUT2D eigenvalue weighted by Gasteiger charge is 2.62. The van der Waals surface area contributed by atoms with Gasteiger partial charge in [-0.05, 0) is 74.0 Å². The second-order valence-electron chi connectivity index (χ2n) is 11.3. The van der Waals surface area contributed by atoms with Crippen molar-refractivity contribution in [2.24, 2.45) is 17.3 Å². The number of carbonyl (C=O) groups is 3. The van der Waals surface area contributed by atoms with Crippen molar-refractivity contribution in [1.29, 1.82) is 0 Å². The smallest absolute Gasteiger partial charge is 0.251 e. The summed E-state index contributed by atoms with van der Waals surface area (Å²) in [6, 6.07) is 7.95. The number of ketones is 1. The van der Waals surface area contributed by atoms with E-state index in [1.165, 1.54) is 12.8 Å². The van der Waals surface area contributed by atoms with Gasteiger partial charge in [0.15, 0.2) is 5.78 Å². The quantitative estimate of drug-likeness (QED) is 0.604. The van der Waals surface area contributed by atoms with Crippen molar-refractivity contribution < 1.29 is 14.4 Å². The summed E-state index contributed by atoms with van der Waals surface area (Å²) in [5.41, 5.74) is 1.71. The summed E-state index contributed by atoms with van der Waals surface area (Å²) in [7, 11) is 0. The van der Waals surface area contributed by atoms with Crippen LogP contribution in [0.5, 0.6) is 0 Å². The molecule has 1 aliphatic heterocycles. The zero-order valence-electron chi connectivity index (χ0n) is 19.9. The summed E-state index contributed by atoms with van der Waals surface area (Å²) in [5, 5.41) is 6.44. The molecule has 5 fully saturated rings. The Balaban J connectivity index is 1.24. The van der Waals surface area contributed by atoms with Crippen molar-refractivity contribution in [3.63, 3.8) is 0 Å². The predicted octanol–water partition coefficient (Wildman–Crippen LogP) is 3.27. The molecule has 4 aliphatic carbocycles. The molecule has 1 saturated heterocycles. The number of piperidine rings is 1. The number of carbonyl (C=O) groups excluding carboxylic acids is 3. The van der Waals surface area contributed by atoms with Crippen molar-refractivity contribution in [2.45, 2.75) is 76.8 Å². The lowest BCUT2D eigenvalue weighted by atomic mass is 9.41. The van der Waals surface area contributed by atoms with Gasteiger partial charge in [0.25, 0.3) is 5.91 Å². The van der Waals surface area contributed by atoms with Gasteiger partial charge in [-0.1, -0.05) is 26.0 Å². The number of rotatable bonds is 9. The van der Waals surface area contributed by atoms with E-state index in [1.54, 1.807) is 0 Å². The van der Waals surface area contributed by atoms with Crippen molar-refractivity contribution in [3.05, 3.63) is 35.4 Å². The third kappa shape index (κ3) is 4.59. The summed E-state index contributed by atoms with van der Waals surface area (Å²) < 4.78 is 0. The van der Waals surface area contributed by atoms with E-state index in [0.717, 1.165) is 50.1 Å². The van der Waals surface area contributed by atoms with Crippen LogP contribution in [0, 0.1) is 17.3 Å². The predicted molar refractivity (Wildman–Crippen MR) is 127 cm³/mol. The average molecular weight is 452 g/mol. The Bertz CT molecular complexity index is 921. The van der Waals surface area contributed by atoms with Gasteiger partial charge in [0, 0.05) is 36.5 Å². The van der Waals surface area contributed by atoms with Crippen molar-refractivity contribution >= 4 is 17.6 Å². The fourth-order valence-corrected chi connectivity index (χ4v) is 6.01.